The number of aryl methyl sites for hydroxylation is 1. The number of nitrogens with zero attached hydrogens (tertiary/aromatic N) is 2. The van der Waals surface area contributed by atoms with Gasteiger partial charge in [-0.3, -0.25) is 29.2 Å². The first-order chi connectivity index (χ1) is 29.2. The van der Waals surface area contributed by atoms with Crippen molar-refractivity contribution in [2.45, 2.75) is 64.3 Å². The molecule has 1 amide bonds. The van der Waals surface area contributed by atoms with Crippen LogP contribution in [0.4, 0.5) is 56.7 Å². The number of nitrogens with one attached hydrogen (secondary N) is 4. The van der Waals surface area contributed by atoms with Crippen LogP contribution in [-0.4, -0.2) is 86.6 Å². The number of anilines is 3. The number of carboxylic acid groups (broad SMARTS) is 3. The maximum absolute atomic E-state index is 13.5. The van der Waals surface area contributed by atoms with Gasteiger partial charge in [0.15, 0.2) is 5.82 Å². The second-order valence-corrected chi connectivity index (χ2v) is 12.4. The Morgan fingerprint density at radius 2 is 1.40 bits per heavy atom. The van der Waals surface area contributed by atoms with E-state index in [4.69, 9.17) is 46.6 Å². The molecule has 4 rings (SSSR count). The number of rotatable bonds is 13. The van der Waals surface area contributed by atoms with Crippen LogP contribution in [0.2, 0.25) is 0 Å². The highest BCUT2D eigenvalue weighted by Gasteiger charge is 2.58. The summed E-state index contributed by atoms with van der Waals surface area (Å²) >= 11 is 0. The highest BCUT2D eigenvalue weighted by molar-refractivity contribution is 5.94. The van der Waals surface area contributed by atoms with Crippen LogP contribution < -0.4 is 33.0 Å². The highest BCUT2D eigenvalue weighted by Crippen LogP contribution is 2.36. The first-order valence-electron chi connectivity index (χ1n) is 17.6. The van der Waals surface area contributed by atoms with Gasteiger partial charge >= 0.3 is 24.5 Å². The smallest absolute Gasteiger partial charge is 0.483 e. The van der Waals surface area contributed by atoms with Crippen molar-refractivity contribution in [3.05, 3.63) is 106 Å². The van der Waals surface area contributed by atoms with Crippen LogP contribution in [0.15, 0.2) is 83.8 Å². The molecular weight excluding hydrogens is 867 g/mol. The number of hydrogen-bond donors (Lipinski definition) is 9. The molecule has 25 heteroatoms. The second kappa shape index (κ2) is 26.8. The van der Waals surface area contributed by atoms with E-state index >= 15 is 0 Å². The van der Waals surface area contributed by atoms with E-state index in [0.29, 0.717) is 22.5 Å². The molecule has 0 radical (unpaired) electrons. The van der Waals surface area contributed by atoms with Gasteiger partial charge in [0.05, 0.1) is 11.9 Å². The molecule has 0 spiro atoms. The van der Waals surface area contributed by atoms with E-state index in [9.17, 15) is 49.1 Å². The molecule has 0 fully saturated rings. The van der Waals surface area contributed by atoms with Crippen molar-refractivity contribution < 1.29 is 74.0 Å². The number of amidine groups is 1. The first-order valence-corrected chi connectivity index (χ1v) is 17.6. The fourth-order valence-corrected chi connectivity index (χ4v) is 4.52. The Balaban J connectivity index is 0.00000152. The number of aliphatic carboxylic acids is 1. The van der Waals surface area contributed by atoms with Gasteiger partial charge in [-0.2, -0.15) is 39.5 Å². The van der Waals surface area contributed by atoms with Gasteiger partial charge in [0, 0.05) is 41.6 Å². The van der Waals surface area contributed by atoms with Crippen molar-refractivity contribution in [2.24, 2.45) is 5.73 Å². The van der Waals surface area contributed by atoms with Crippen molar-refractivity contribution in [3.8, 4) is 11.3 Å². The largest absolute Gasteiger partial charge is 0.490 e. The molecule has 1 heterocycles. The number of hydrogen-bond acceptors (Lipinski definition) is 10. The first kappa shape index (κ1) is 55.7. The number of carbonyl (C=O) groups is 4. The van der Waals surface area contributed by atoms with Crippen LogP contribution in [0.5, 0.6) is 0 Å². The molecule has 4 aromatic rings. The third kappa shape index (κ3) is 22.2. The van der Waals surface area contributed by atoms with E-state index < -0.39 is 30.1 Å². The number of halogens is 9. The minimum Gasteiger partial charge on any atom is -0.483 e. The Labute approximate surface area is 352 Å². The predicted molar refractivity (Wildman–Crippen MR) is 213 cm³/mol. The SMILES string of the molecule is CC(C)Nc1ncc(-c2cc(N)cc(NCCCc3ccccc3)c2)n(CC(=O)NCc2ccc(C(=N)N)cc2)c1=O.FC(F)(F)C(F)(F)F.O=C(O)C(F)(F)F.O=CO.O=CO. The van der Waals surface area contributed by atoms with Crippen molar-refractivity contribution in [2.75, 3.05) is 22.9 Å². The number of aromatic nitrogens is 2. The van der Waals surface area contributed by atoms with E-state index in [1.807, 2.05) is 44.2 Å². The fraction of sp³-hybridized carbons (Fsp3) is 0.289. The molecule has 0 saturated carbocycles. The van der Waals surface area contributed by atoms with Crippen molar-refractivity contribution in [1.82, 2.24) is 14.9 Å². The third-order valence-electron chi connectivity index (χ3n) is 7.17. The zero-order chi connectivity index (χ0) is 48.6. The van der Waals surface area contributed by atoms with Crippen LogP contribution in [0, 0.1) is 5.41 Å². The maximum Gasteiger partial charge on any atom is 0.490 e. The molecule has 0 aliphatic heterocycles. The quantitative estimate of drug-likeness (QED) is 0.0183. The van der Waals surface area contributed by atoms with Gasteiger partial charge in [0.1, 0.15) is 12.4 Å². The lowest BCUT2D eigenvalue weighted by molar-refractivity contribution is -0.339. The van der Waals surface area contributed by atoms with E-state index in [-0.39, 0.29) is 49.6 Å². The Bertz CT molecular complexity index is 2100. The van der Waals surface area contributed by atoms with E-state index in [1.165, 1.54) is 10.1 Å². The average molecular weight is 911 g/mol. The Morgan fingerprint density at radius 1 is 0.873 bits per heavy atom. The molecule has 0 bridgehead atoms. The van der Waals surface area contributed by atoms with Gasteiger partial charge in [-0.1, -0.05) is 54.6 Å². The van der Waals surface area contributed by atoms with Crippen LogP contribution in [0.1, 0.15) is 37.0 Å². The summed E-state index contributed by atoms with van der Waals surface area (Å²) in [6, 6.07) is 22.9. The Kier molecular flexibility index (Phi) is 23.7. The Hall–Kier alpha value is -7.34. The van der Waals surface area contributed by atoms with E-state index in [2.05, 4.69) is 33.1 Å². The average Bonchev–Trinajstić information content (AvgIpc) is 3.17. The predicted octanol–water partition coefficient (Wildman–Crippen LogP) is 6.10. The standard InChI is InChI=1S/C32H38N8O2.C2F6.C2HF3O2.2CH2O2/c1-21(2)39-31-32(42)40(20-29(41)37-18-23-10-12-24(13-11-23)30(34)35)28(19-38-31)25-15-26(33)17-27(16-25)36-14-6-9-22-7-4-3-5-8-22;3-1(4,5)2(6,7)8;3-2(4,5)1(6)7;2*2-1-3/h3-5,7-8,10-13,15-17,19,21,36H,6,9,14,18,20,33H2,1-2H3,(H3,34,35)(H,37,41)(H,38,39);;(H,6,7);2*1H,(H,2,3). The van der Waals surface area contributed by atoms with Gasteiger partial charge in [0.2, 0.25) is 5.91 Å². The van der Waals surface area contributed by atoms with E-state index in [0.717, 1.165) is 30.6 Å². The van der Waals surface area contributed by atoms with Crippen molar-refractivity contribution >= 4 is 47.8 Å². The van der Waals surface area contributed by atoms with Crippen LogP contribution >= 0.6 is 0 Å². The zero-order valence-electron chi connectivity index (χ0n) is 33.1. The second-order valence-electron chi connectivity index (χ2n) is 12.4. The van der Waals surface area contributed by atoms with Crippen molar-refractivity contribution in [3.63, 3.8) is 0 Å². The van der Waals surface area contributed by atoms with Crippen LogP contribution in [-0.2, 0) is 38.7 Å². The van der Waals surface area contributed by atoms with Gasteiger partial charge in [-0.15, -0.1) is 0 Å². The summed E-state index contributed by atoms with van der Waals surface area (Å²) in [4.78, 5) is 56.6. The topological polar surface area (TPSA) is 276 Å². The summed E-state index contributed by atoms with van der Waals surface area (Å²) in [5, 5.41) is 37.8. The molecule has 1 aromatic heterocycles. The number of amides is 1. The summed E-state index contributed by atoms with van der Waals surface area (Å²) in [5.41, 5.74) is 16.6. The molecule has 16 nitrogen and oxygen atoms in total. The lowest BCUT2D eigenvalue weighted by Crippen LogP contribution is -2.35. The molecule has 346 valence electrons. The Morgan fingerprint density at radius 3 is 1.86 bits per heavy atom. The number of carbonyl (C=O) groups excluding carboxylic acids is 1. The number of nitrogen functional groups attached to an aromatic ring is 2. The molecule has 0 saturated heterocycles. The number of benzene rings is 3. The monoisotopic (exact) mass is 910 g/mol. The number of alkyl halides is 9. The lowest BCUT2D eigenvalue weighted by Gasteiger charge is -2.17. The molecule has 0 atom stereocenters. The highest BCUT2D eigenvalue weighted by atomic mass is 19.5. The third-order valence-corrected chi connectivity index (χ3v) is 7.17. The van der Waals surface area contributed by atoms with Crippen LogP contribution in [0.3, 0.4) is 0 Å². The van der Waals surface area contributed by atoms with Gasteiger partial charge in [-0.05, 0) is 56.0 Å². The molecule has 0 aliphatic carbocycles. The number of carboxylic acids is 1. The van der Waals surface area contributed by atoms with Gasteiger partial charge in [-0.25, -0.2) is 9.78 Å². The van der Waals surface area contributed by atoms with Gasteiger partial charge in [0.25, 0.3) is 18.5 Å². The molecule has 3 aromatic carbocycles. The molecular formula is C38H43F9N8O8. The lowest BCUT2D eigenvalue weighted by atomic mass is 10.1. The maximum atomic E-state index is 13.5. The molecule has 0 unspecified atom stereocenters. The summed E-state index contributed by atoms with van der Waals surface area (Å²) in [5.74, 6) is -2.94. The summed E-state index contributed by atoms with van der Waals surface area (Å²) in [6.07, 6.45) is -13.7. The summed E-state index contributed by atoms with van der Waals surface area (Å²) in [6.45, 7) is 4.13. The summed E-state index contributed by atoms with van der Waals surface area (Å²) < 4.78 is 95.8. The minimum atomic E-state index is -6.06. The van der Waals surface area contributed by atoms with Crippen LogP contribution in [0.25, 0.3) is 11.3 Å². The normalized spacial score (nSPS) is 10.7. The summed E-state index contributed by atoms with van der Waals surface area (Å²) in [7, 11) is 0. The fourth-order valence-electron chi connectivity index (χ4n) is 4.52. The van der Waals surface area contributed by atoms with E-state index in [1.54, 1.807) is 36.5 Å². The van der Waals surface area contributed by atoms with Gasteiger partial charge < -0.3 is 42.7 Å². The molecule has 0 aliphatic rings. The zero-order valence-corrected chi connectivity index (χ0v) is 33.1. The molecule has 11 N–H and O–H groups in total. The minimum absolute atomic E-state index is 0.0182. The van der Waals surface area contributed by atoms with Crippen molar-refractivity contribution in [1.29, 1.82) is 5.41 Å². The molecule has 63 heavy (non-hydrogen) atoms. The number of nitrogens with two attached hydrogens (primary N) is 2.